The second kappa shape index (κ2) is 4.08. The maximum Gasteiger partial charge on any atom is 0.0638 e. The van der Waals surface area contributed by atoms with Gasteiger partial charge < -0.3 is 5.32 Å². The molecule has 0 bridgehead atoms. The molecule has 0 spiro atoms. The third-order valence-corrected chi connectivity index (χ3v) is 2.54. The Balaban J connectivity index is 2.63. The first-order valence-corrected chi connectivity index (χ1v) is 4.90. The lowest BCUT2D eigenvalue weighted by Gasteiger charge is -2.44. The van der Waals surface area contributed by atoms with Gasteiger partial charge in [0.15, 0.2) is 0 Å². The monoisotopic (exact) mass is 181 g/mol. The number of rotatable bonds is 1. The van der Waals surface area contributed by atoms with Crippen molar-refractivity contribution >= 4 is 0 Å². The quantitative estimate of drug-likeness (QED) is 0.655. The van der Waals surface area contributed by atoms with E-state index >= 15 is 0 Å². The maximum atomic E-state index is 8.70. The molecule has 0 aromatic rings. The largest absolute Gasteiger partial charge is 0.314 e. The molecule has 0 amide bonds. The summed E-state index contributed by atoms with van der Waals surface area (Å²) < 4.78 is 0. The Bertz CT molecular complexity index is 199. The highest BCUT2D eigenvalue weighted by Crippen LogP contribution is 2.19. The van der Waals surface area contributed by atoms with Crippen LogP contribution in [0.2, 0.25) is 0 Å². The van der Waals surface area contributed by atoms with Gasteiger partial charge in [0.05, 0.1) is 12.5 Å². The predicted molar refractivity (Wildman–Crippen MR) is 53.3 cm³/mol. The minimum atomic E-state index is 0.184. The fourth-order valence-electron chi connectivity index (χ4n) is 1.93. The molecule has 3 heteroatoms. The molecule has 1 saturated heterocycles. The minimum Gasteiger partial charge on any atom is -0.314 e. The van der Waals surface area contributed by atoms with Crippen LogP contribution < -0.4 is 5.32 Å². The molecule has 13 heavy (non-hydrogen) atoms. The average Bonchev–Trinajstić information content (AvgIpc) is 2.04. The van der Waals surface area contributed by atoms with Crippen molar-refractivity contribution in [3.8, 4) is 6.07 Å². The van der Waals surface area contributed by atoms with Crippen molar-refractivity contribution in [2.24, 2.45) is 0 Å². The van der Waals surface area contributed by atoms with E-state index < -0.39 is 0 Å². The second-order valence-corrected chi connectivity index (χ2v) is 4.58. The lowest BCUT2D eigenvalue weighted by Crippen LogP contribution is -2.58. The van der Waals surface area contributed by atoms with E-state index in [4.69, 9.17) is 5.26 Å². The molecular weight excluding hydrogens is 162 g/mol. The van der Waals surface area contributed by atoms with Crippen LogP contribution in [0.1, 0.15) is 27.2 Å². The molecule has 1 rings (SSSR count). The molecule has 3 nitrogen and oxygen atoms in total. The van der Waals surface area contributed by atoms with Crippen molar-refractivity contribution in [2.75, 3.05) is 19.6 Å². The van der Waals surface area contributed by atoms with E-state index in [0.29, 0.717) is 12.5 Å². The maximum absolute atomic E-state index is 8.70. The SMILES string of the molecule is CC(C)(C)N1CCNC[C@@H]1CC#N. The predicted octanol–water partition coefficient (Wildman–Crippen LogP) is 0.972. The van der Waals surface area contributed by atoms with E-state index in [1.165, 1.54) is 0 Å². The summed E-state index contributed by atoms with van der Waals surface area (Å²) in [7, 11) is 0. The zero-order valence-corrected chi connectivity index (χ0v) is 8.80. The molecule has 0 radical (unpaired) electrons. The van der Waals surface area contributed by atoms with Crippen LogP contribution in [0.3, 0.4) is 0 Å². The summed E-state index contributed by atoms with van der Waals surface area (Å²) in [5.74, 6) is 0. The van der Waals surface area contributed by atoms with Crippen molar-refractivity contribution in [1.82, 2.24) is 10.2 Å². The van der Waals surface area contributed by atoms with Gasteiger partial charge in [-0.3, -0.25) is 4.90 Å². The Hall–Kier alpha value is -0.590. The first kappa shape index (κ1) is 10.5. The highest BCUT2D eigenvalue weighted by molar-refractivity contribution is 4.92. The molecule has 1 fully saturated rings. The summed E-state index contributed by atoms with van der Waals surface area (Å²) >= 11 is 0. The molecule has 74 valence electrons. The molecule has 1 heterocycles. The number of hydrogen-bond acceptors (Lipinski definition) is 3. The third kappa shape index (κ3) is 2.68. The van der Waals surface area contributed by atoms with E-state index in [9.17, 15) is 0 Å². The van der Waals surface area contributed by atoms with Crippen LogP contribution in [0.15, 0.2) is 0 Å². The topological polar surface area (TPSA) is 39.1 Å². The second-order valence-electron chi connectivity index (χ2n) is 4.58. The Kier molecular flexibility index (Phi) is 3.29. The van der Waals surface area contributed by atoms with Gasteiger partial charge in [0, 0.05) is 31.2 Å². The number of hydrogen-bond donors (Lipinski definition) is 1. The summed E-state index contributed by atoms with van der Waals surface area (Å²) in [6, 6.07) is 2.65. The fourth-order valence-corrected chi connectivity index (χ4v) is 1.93. The minimum absolute atomic E-state index is 0.184. The van der Waals surface area contributed by atoms with E-state index in [1.807, 2.05) is 0 Å². The Labute approximate surface area is 80.7 Å². The van der Waals surface area contributed by atoms with Crippen molar-refractivity contribution in [1.29, 1.82) is 5.26 Å². The van der Waals surface area contributed by atoms with Gasteiger partial charge in [-0.25, -0.2) is 0 Å². The summed E-state index contributed by atoms with van der Waals surface area (Å²) in [4.78, 5) is 2.42. The Morgan fingerprint density at radius 3 is 2.77 bits per heavy atom. The standard InChI is InChI=1S/C10H19N3/c1-10(2,3)13-7-6-12-8-9(13)4-5-11/h9,12H,4,6-8H2,1-3H3/t9-/m0/s1. The van der Waals surface area contributed by atoms with Gasteiger partial charge in [0.2, 0.25) is 0 Å². The van der Waals surface area contributed by atoms with Gasteiger partial charge in [-0.05, 0) is 20.8 Å². The molecule has 1 atom stereocenters. The summed E-state index contributed by atoms with van der Waals surface area (Å²) in [6.07, 6.45) is 0.629. The summed E-state index contributed by atoms with van der Waals surface area (Å²) in [6.45, 7) is 9.67. The molecule has 1 aliphatic heterocycles. The average molecular weight is 181 g/mol. The van der Waals surface area contributed by atoms with Crippen LogP contribution >= 0.6 is 0 Å². The first-order valence-electron chi connectivity index (χ1n) is 4.90. The van der Waals surface area contributed by atoms with Crippen molar-refractivity contribution < 1.29 is 0 Å². The van der Waals surface area contributed by atoms with E-state index in [0.717, 1.165) is 19.6 Å². The van der Waals surface area contributed by atoms with Crippen LogP contribution in [0.5, 0.6) is 0 Å². The van der Waals surface area contributed by atoms with Crippen molar-refractivity contribution in [2.45, 2.75) is 38.8 Å². The smallest absolute Gasteiger partial charge is 0.0638 e. The van der Waals surface area contributed by atoms with E-state index in [-0.39, 0.29) is 5.54 Å². The molecule has 0 aliphatic carbocycles. The van der Waals surface area contributed by atoms with Crippen LogP contribution in [0.4, 0.5) is 0 Å². The van der Waals surface area contributed by atoms with Crippen LogP contribution in [0.25, 0.3) is 0 Å². The molecule has 0 unspecified atom stereocenters. The Morgan fingerprint density at radius 2 is 2.23 bits per heavy atom. The number of nitrogens with zero attached hydrogens (tertiary/aromatic N) is 2. The van der Waals surface area contributed by atoms with Gasteiger partial charge in [-0.1, -0.05) is 0 Å². The first-order chi connectivity index (χ1) is 6.05. The zero-order chi connectivity index (χ0) is 9.90. The lowest BCUT2D eigenvalue weighted by atomic mass is 9.99. The number of piperazine rings is 1. The molecule has 1 N–H and O–H groups in total. The highest BCUT2D eigenvalue weighted by atomic mass is 15.3. The molecule has 0 aromatic heterocycles. The summed E-state index contributed by atoms with van der Waals surface area (Å²) in [5, 5.41) is 12.0. The van der Waals surface area contributed by atoms with Gasteiger partial charge in [-0.15, -0.1) is 0 Å². The summed E-state index contributed by atoms with van der Waals surface area (Å²) in [5.41, 5.74) is 0.184. The third-order valence-electron chi connectivity index (χ3n) is 2.54. The van der Waals surface area contributed by atoms with Crippen LogP contribution in [0, 0.1) is 11.3 Å². The van der Waals surface area contributed by atoms with Crippen LogP contribution in [-0.2, 0) is 0 Å². The molecule has 0 saturated carbocycles. The van der Waals surface area contributed by atoms with Crippen molar-refractivity contribution in [3.63, 3.8) is 0 Å². The van der Waals surface area contributed by atoms with Gasteiger partial charge in [0.1, 0.15) is 0 Å². The number of nitriles is 1. The van der Waals surface area contributed by atoms with Crippen LogP contribution in [-0.4, -0.2) is 36.1 Å². The highest BCUT2D eigenvalue weighted by Gasteiger charge is 2.30. The zero-order valence-electron chi connectivity index (χ0n) is 8.80. The fraction of sp³-hybridized carbons (Fsp3) is 0.900. The van der Waals surface area contributed by atoms with Gasteiger partial charge >= 0.3 is 0 Å². The van der Waals surface area contributed by atoms with Gasteiger partial charge in [-0.2, -0.15) is 5.26 Å². The van der Waals surface area contributed by atoms with Gasteiger partial charge in [0.25, 0.3) is 0 Å². The lowest BCUT2D eigenvalue weighted by molar-refractivity contribution is 0.0634. The molecule has 1 aliphatic rings. The normalized spacial score (nSPS) is 25.5. The van der Waals surface area contributed by atoms with E-state index in [1.54, 1.807) is 0 Å². The Morgan fingerprint density at radius 1 is 1.54 bits per heavy atom. The number of nitrogens with one attached hydrogen (secondary N) is 1. The van der Waals surface area contributed by atoms with Crippen molar-refractivity contribution in [3.05, 3.63) is 0 Å². The van der Waals surface area contributed by atoms with E-state index in [2.05, 4.69) is 37.1 Å². The molecule has 0 aromatic carbocycles. The molecular formula is C10H19N3.